The van der Waals surface area contributed by atoms with Crippen molar-refractivity contribution in [3.63, 3.8) is 0 Å². The van der Waals surface area contributed by atoms with Crippen molar-refractivity contribution in [2.45, 2.75) is 34.1 Å². The van der Waals surface area contributed by atoms with Crippen molar-refractivity contribution in [3.05, 3.63) is 28.3 Å². The highest BCUT2D eigenvalue weighted by Gasteiger charge is 2.07. The smallest absolute Gasteiger partial charge is 0.170 e. The van der Waals surface area contributed by atoms with E-state index in [0.717, 1.165) is 29.8 Å². The van der Waals surface area contributed by atoms with Crippen LogP contribution in [0.25, 0.3) is 0 Å². The van der Waals surface area contributed by atoms with Gasteiger partial charge in [-0.3, -0.25) is 0 Å². The Morgan fingerprint density at radius 1 is 1.24 bits per heavy atom. The predicted octanol–water partition coefficient (Wildman–Crippen LogP) is 2.56. The summed E-state index contributed by atoms with van der Waals surface area (Å²) in [7, 11) is 0. The third-order valence-electron chi connectivity index (χ3n) is 3.66. The molecule has 3 nitrogen and oxygen atoms in total. The Bertz CT molecular complexity index is 450. The molecule has 0 aliphatic carbocycles. The van der Waals surface area contributed by atoms with E-state index in [1.165, 1.54) is 19.6 Å². The average Bonchev–Trinajstić information content (AvgIpc) is 2.43. The van der Waals surface area contributed by atoms with Crippen LogP contribution in [0.3, 0.4) is 0 Å². The fourth-order valence-corrected chi connectivity index (χ4v) is 2.95. The van der Waals surface area contributed by atoms with Crippen molar-refractivity contribution in [2.75, 3.05) is 31.5 Å². The van der Waals surface area contributed by atoms with Crippen molar-refractivity contribution < 1.29 is 4.90 Å². The fraction of sp³-hybridized carbons (Fsp3) is 0.562. The summed E-state index contributed by atoms with van der Waals surface area (Å²) in [5.74, 6) is 0. The van der Waals surface area contributed by atoms with E-state index >= 15 is 0 Å². The fourth-order valence-electron chi connectivity index (χ4n) is 2.38. The molecule has 0 atom stereocenters. The first-order chi connectivity index (χ1) is 9.97. The quantitative estimate of drug-likeness (QED) is 0.530. The van der Waals surface area contributed by atoms with Gasteiger partial charge in [-0.25, -0.2) is 0 Å². The first-order valence-corrected chi connectivity index (χ1v) is 8.41. The van der Waals surface area contributed by atoms with Crippen LogP contribution in [0.1, 0.15) is 31.4 Å². The molecule has 1 rings (SSSR count). The minimum absolute atomic E-state index is 0.637. The Labute approximate surface area is 139 Å². The predicted molar refractivity (Wildman–Crippen MR) is 96.7 cm³/mol. The number of hydrogen-bond acceptors (Lipinski definition) is 1. The second-order valence-electron chi connectivity index (χ2n) is 5.38. The molecular formula is C16H27ClN3S+. The molecule has 0 bridgehead atoms. The second kappa shape index (κ2) is 9.23. The highest BCUT2D eigenvalue weighted by Crippen LogP contribution is 2.27. The molecule has 0 fully saturated rings. The molecular weight excluding hydrogens is 302 g/mol. The van der Waals surface area contributed by atoms with Crippen molar-refractivity contribution in [1.29, 1.82) is 0 Å². The lowest BCUT2D eigenvalue weighted by Gasteiger charge is -2.17. The average molecular weight is 329 g/mol. The molecule has 3 N–H and O–H groups in total. The topological polar surface area (TPSA) is 28.5 Å². The number of nitrogens with one attached hydrogen (secondary N) is 3. The largest absolute Gasteiger partial charge is 0.362 e. The summed E-state index contributed by atoms with van der Waals surface area (Å²) >= 11 is 11.6. The number of thiocarbonyl (C=S) groups is 1. The molecule has 0 aliphatic rings. The first kappa shape index (κ1) is 18.2. The van der Waals surface area contributed by atoms with Crippen LogP contribution in [0.15, 0.2) is 12.1 Å². The van der Waals surface area contributed by atoms with E-state index in [1.807, 2.05) is 19.9 Å². The minimum atomic E-state index is 0.637. The van der Waals surface area contributed by atoms with Crippen molar-refractivity contribution >= 4 is 34.6 Å². The van der Waals surface area contributed by atoms with Gasteiger partial charge in [0, 0.05) is 13.0 Å². The normalized spacial score (nSPS) is 10.8. The molecule has 0 spiro atoms. The van der Waals surface area contributed by atoms with E-state index in [-0.39, 0.29) is 0 Å². The number of quaternary nitrogens is 1. The minimum Gasteiger partial charge on any atom is -0.362 e. The van der Waals surface area contributed by atoms with Crippen molar-refractivity contribution in [1.82, 2.24) is 5.32 Å². The Balaban J connectivity index is 2.41. The molecule has 1 aromatic carbocycles. The van der Waals surface area contributed by atoms with Gasteiger partial charge in [-0.15, -0.1) is 0 Å². The van der Waals surface area contributed by atoms with Gasteiger partial charge in [0.1, 0.15) is 0 Å². The van der Waals surface area contributed by atoms with E-state index in [1.54, 1.807) is 4.90 Å². The number of anilines is 1. The first-order valence-electron chi connectivity index (χ1n) is 7.63. The zero-order chi connectivity index (χ0) is 15.8. The number of benzene rings is 1. The van der Waals surface area contributed by atoms with Crippen molar-refractivity contribution in [3.8, 4) is 0 Å². The molecule has 0 unspecified atom stereocenters. The maximum absolute atomic E-state index is 6.27. The summed E-state index contributed by atoms with van der Waals surface area (Å²) in [5.41, 5.74) is 3.16. The van der Waals surface area contributed by atoms with Gasteiger partial charge in [0.2, 0.25) is 0 Å². The van der Waals surface area contributed by atoms with E-state index in [0.29, 0.717) is 10.1 Å². The third-order valence-corrected chi connectivity index (χ3v) is 4.21. The van der Waals surface area contributed by atoms with Gasteiger partial charge < -0.3 is 15.5 Å². The number of aryl methyl sites for hydroxylation is 2. The number of rotatable bonds is 7. The maximum atomic E-state index is 6.27. The van der Waals surface area contributed by atoms with Crippen LogP contribution >= 0.6 is 23.8 Å². The molecule has 0 radical (unpaired) electrons. The zero-order valence-corrected chi connectivity index (χ0v) is 15.0. The summed E-state index contributed by atoms with van der Waals surface area (Å²) in [4.78, 5) is 1.62. The van der Waals surface area contributed by atoms with Crippen LogP contribution in [-0.2, 0) is 0 Å². The van der Waals surface area contributed by atoms with Crippen LogP contribution in [0.4, 0.5) is 5.69 Å². The lowest BCUT2D eigenvalue weighted by molar-refractivity contribution is -0.896. The monoisotopic (exact) mass is 328 g/mol. The SMILES string of the molecule is CC[NH+](CC)CCCNC(=S)Nc1c(C)cc(C)cc1Cl. The summed E-state index contributed by atoms with van der Waals surface area (Å²) in [5, 5.41) is 7.81. The molecule has 0 aliphatic heterocycles. The van der Waals surface area contributed by atoms with E-state index in [2.05, 4.69) is 30.5 Å². The van der Waals surface area contributed by atoms with Crippen LogP contribution < -0.4 is 15.5 Å². The molecule has 118 valence electrons. The van der Waals surface area contributed by atoms with Gasteiger partial charge in [0.25, 0.3) is 0 Å². The van der Waals surface area contributed by atoms with Crippen LogP contribution in [0.2, 0.25) is 5.02 Å². The zero-order valence-electron chi connectivity index (χ0n) is 13.5. The molecule has 21 heavy (non-hydrogen) atoms. The highest BCUT2D eigenvalue weighted by atomic mass is 35.5. The van der Waals surface area contributed by atoms with Crippen LogP contribution in [-0.4, -0.2) is 31.3 Å². The lowest BCUT2D eigenvalue weighted by Crippen LogP contribution is -3.11. The Kier molecular flexibility index (Phi) is 8.01. The van der Waals surface area contributed by atoms with Gasteiger partial charge in [-0.2, -0.15) is 0 Å². The van der Waals surface area contributed by atoms with Gasteiger partial charge in [-0.1, -0.05) is 17.7 Å². The molecule has 1 aromatic rings. The van der Waals surface area contributed by atoms with Gasteiger partial charge in [0.05, 0.1) is 30.3 Å². The number of halogens is 1. The Hall–Kier alpha value is -0.840. The second-order valence-corrected chi connectivity index (χ2v) is 6.20. The standard InChI is InChI=1S/C16H26ClN3S/c1-5-20(6-2)9-7-8-18-16(21)19-15-13(4)10-12(3)11-14(15)17/h10-11H,5-9H2,1-4H3,(H2,18,19,21)/p+1. The molecule has 5 heteroatoms. The van der Waals surface area contributed by atoms with E-state index in [9.17, 15) is 0 Å². The molecule has 0 aromatic heterocycles. The Morgan fingerprint density at radius 3 is 2.48 bits per heavy atom. The van der Waals surface area contributed by atoms with Crippen LogP contribution in [0.5, 0.6) is 0 Å². The molecule has 0 amide bonds. The van der Waals surface area contributed by atoms with Gasteiger partial charge >= 0.3 is 0 Å². The van der Waals surface area contributed by atoms with E-state index < -0.39 is 0 Å². The van der Waals surface area contributed by atoms with Crippen LogP contribution in [0, 0.1) is 13.8 Å². The summed E-state index contributed by atoms with van der Waals surface area (Å²) < 4.78 is 0. The highest BCUT2D eigenvalue weighted by molar-refractivity contribution is 7.80. The summed E-state index contributed by atoms with van der Waals surface area (Å²) in [6.45, 7) is 12.9. The summed E-state index contributed by atoms with van der Waals surface area (Å²) in [6.07, 6.45) is 1.11. The molecule has 0 saturated heterocycles. The molecule has 0 heterocycles. The third kappa shape index (κ3) is 6.20. The van der Waals surface area contributed by atoms with Gasteiger partial charge in [0.15, 0.2) is 5.11 Å². The van der Waals surface area contributed by atoms with Gasteiger partial charge in [-0.05, 0) is 57.1 Å². The maximum Gasteiger partial charge on any atom is 0.170 e. The molecule has 0 saturated carbocycles. The lowest BCUT2D eigenvalue weighted by atomic mass is 10.1. The van der Waals surface area contributed by atoms with Crippen molar-refractivity contribution in [2.24, 2.45) is 0 Å². The number of hydrogen-bond donors (Lipinski definition) is 3. The van der Waals surface area contributed by atoms with E-state index in [4.69, 9.17) is 23.8 Å². The summed E-state index contributed by atoms with van der Waals surface area (Å²) in [6, 6.07) is 4.05. The Morgan fingerprint density at radius 2 is 1.90 bits per heavy atom.